The van der Waals surface area contributed by atoms with Crippen molar-refractivity contribution in [1.29, 1.82) is 0 Å². The molecule has 108 valence electrons. The third-order valence-corrected chi connectivity index (χ3v) is 6.59. The van der Waals surface area contributed by atoms with Crippen LogP contribution in [0.4, 0.5) is 5.69 Å². The third kappa shape index (κ3) is 3.51. The van der Waals surface area contributed by atoms with Crippen molar-refractivity contribution in [2.45, 2.75) is 11.8 Å². The van der Waals surface area contributed by atoms with Crippen LogP contribution in [0.5, 0.6) is 0 Å². The van der Waals surface area contributed by atoms with Crippen LogP contribution < -0.4 is 4.72 Å². The molecule has 0 saturated heterocycles. The van der Waals surface area contributed by atoms with Crippen LogP contribution in [-0.4, -0.2) is 8.42 Å². The fraction of sp³-hybridized carbons (Fsp3) is 0.0909. The number of halogens is 4. The van der Waals surface area contributed by atoms with E-state index >= 15 is 0 Å². The fourth-order valence-corrected chi connectivity index (χ4v) is 6.46. The average molecular weight is 480 g/mol. The monoisotopic (exact) mass is 477 g/mol. The molecule has 1 N–H and O–H groups in total. The summed E-state index contributed by atoms with van der Waals surface area (Å²) >= 11 is 19.9. The lowest BCUT2D eigenvalue weighted by Gasteiger charge is -2.11. The van der Waals surface area contributed by atoms with Gasteiger partial charge in [-0.15, -0.1) is 11.3 Å². The van der Waals surface area contributed by atoms with Crippen molar-refractivity contribution in [3.63, 3.8) is 0 Å². The molecular formula is C11H7Br2Cl2NO2S2. The second-order valence-electron chi connectivity index (χ2n) is 3.82. The van der Waals surface area contributed by atoms with Crippen molar-refractivity contribution in [1.82, 2.24) is 0 Å². The molecular weight excluding hydrogens is 473 g/mol. The summed E-state index contributed by atoms with van der Waals surface area (Å²) in [6.07, 6.45) is 0. The van der Waals surface area contributed by atoms with Gasteiger partial charge in [0.05, 0.1) is 19.5 Å². The van der Waals surface area contributed by atoms with Gasteiger partial charge in [-0.05, 0) is 41.1 Å². The molecule has 0 radical (unpaired) electrons. The summed E-state index contributed by atoms with van der Waals surface area (Å²) in [5.74, 6) is 0. The molecule has 1 aromatic heterocycles. The molecule has 0 aliphatic rings. The van der Waals surface area contributed by atoms with Crippen molar-refractivity contribution in [2.24, 2.45) is 0 Å². The number of nitrogens with one attached hydrogen (secondary N) is 1. The van der Waals surface area contributed by atoms with Gasteiger partial charge in [-0.3, -0.25) is 4.72 Å². The Morgan fingerprint density at radius 3 is 2.15 bits per heavy atom. The quantitative estimate of drug-likeness (QED) is 0.614. The molecule has 0 unspecified atom stereocenters. The Labute approximate surface area is 147 Å². The highest BCUT2D eigenvalue weighted by Gasteiger charge is 2.22. The lowest BCUT2D eigenvalue weighted by Crippen LogP contribution is -2.13. The second-order valence-corrected chi connectivity index (χ2v) is 9.84. The minimum Gasteiger partial charge on any atom is -0.277 e. The van der Waals surface area contributed by atoms with E-state index in [1.807, 2.05) is 0 Å². The first-order chi connectivity index (χ1) is 9.20. The number of hydrogen-bond donors (Lipinski definition) is 1. The Balaban J connectivity index is 2.46. The maximum Gasteiger partial charge on any atom is 0.263 e. The van der Waals surface area contributed by atoms with E-state index in [0.29, 0.717) is 9.35 Å². The van der Waals surface area contributed by atoms with E-state index in [-0.39, 0.29) is 20.6 Å². The summed E-state index contributed by atoms with van der Waals surface area (Å²) in [4.78, 5) is 0.873. The molecule has 0 atom stereocenters. The van der Waals surface area contributed by atoms with Gasteiger partial charge in [0, 0.05) is 9.35 Å². The zero-order valence-electron chi connectivity index (χ0n) is 9.88. The molecule has 1 heterocycles. The maximum atomic E-state index is 12.4. The predicted molar refractivity (Wildman–Crippen MR) is 91.7 cm³/mol. The third-order valence-electron chi connectivity index (χ3n) is 2.37. The molecule has 0 saturated carbocycles. The average Bonchev–Trinajstić information content (AvgIpc) is 2.64. The lowest BCUT2D eigenvalue weighted by atomic mass is 10.3. The van der Waals surface area contributed by atoms with Crippen LogP contribution in [-0.2, 0) is 10.0 Å². The molecule has 2 aromatic rings. The van der Waals surface area contributed by atoms with Crippen molar-refractivity contribution >= 4 is 82.1 Å². The molecule has 0 bridgehead atoms. The van der Waals surface area contributed by atoms with Gasteiger partial charge in [0.25, 0.3) is 10.0 Å². The Morgan fingerprint density at radius 1 is 1.15 bits per heavy atom. The molecule has 1 aromatic carbocycles. The van der Waals surface area contributed by atoms with E-state index in [1.165, 1.54) is 11.3 Å². The van der Waals surface area contributed by atoms with E-state index in [2.05, 4.69) is 36.6 Å². The van der Waals surface area contributed by atoms with Crippen LogP contribution in [0.1, 0.15) is 4.88 Å². The predicted octanol–water partition coefficient (Wildman–Crippen LogP) is 5.69. The number of sulfonamides is 1. The van der Waals surface area contributed by atoms with Crippen LogP contribution in [0.2, 0.25) is 10.0 Å². The molecule has 0 fully saturated rings. The first-order valence-electron chi connectivity index (χ1n) is 5.14. The van der Waals surface area contributed by atoms with Crippen LogP contribution in [0.3, 0.4) is 0 Å². The Bertz CT molecular complexity index is 752. The minimum atomic E-state index is -3.73. The van der Waals surface area contributed by atoms with Gasteiger partial charge in [0.1, 0.15) is 4.90 Å². The Morgan fingerprint density at radius 2 is 1.70 bits per heavy atom. The number of benzene rings is 1. The lowest BCUT2D eigenvalue weighted by molar-refractivity contribution is 0.601. The molecule has 9 heteroatoms. The summed E-state index contributed by atoms with van der Waals surface area (Å²) in [5.41, 5.74) is 0.165. The first kappa shape index (κ1) is 16.6. The van der Waals surface area contributed by atoms with Gasteiger partial charge >= 0.3 is 0 Å². The van der Waals surface area contributed by atoms with Crippen molar-refractivity contribution in [2.75, 3.05) is 4.72 Å². The summed E-state index contributed by atoms with van der Waals surface area (Å²) in [5, 5.41) is 0.444. The van der Waals surface area contributed by atoms with E-state index in [1.54, 1.807) is 25.1 Å². The van der Waals surface area contributed by atoms with Crippen molar-refractivity contribution in [3.8, 4) is 0 Å². The van der Waals surface area contributed by atoms with Gasteiger partial charge in [-0.25, -0.2) is 8.42 Å². The maximum absolute atomic E-state index is 12.4. The number of thiophene rings is 1. The Kier molecular flexibility index (Phi) is 5.09. The van der Waals surface area contributed by atoms with Crippen molar-refractivity contribution < 1.29 is 8.42 Å². The van der Waals surface area contributed by atoms with E-state index in [4.69, 9.17) is 23.2 Å². The molecule has 0 aliphatic carbocycles. The number of anilines is 1. The highest BCUT2D eigenvalue weighted by atomic mass is 79.9. The fourth-order valence-electron chi connectivity index (χ4n) is 1.53. The largest absolute Gasteiger partial charge is 0.277 e. The van der Waals surface area contributed by atoms with Gasteiger partial charge in [0.2, 0.25) is 0 Å². The summed E-state index contributed by atoms with van der Waals surface area (Å²) in [7, 11) is -3.73. The van der Waals surface area contributed by atoms with E-state index in [9.17, 15) is 8.42 Å². The van der Waals surface area contributed by atoms with Gasteiger partial charge in [-0.1, -0.05) is 39.1 Å². The van der Waals surface area contributed by atoms with Gasteiger partial charge < -0.3 is 0 Å². The zero-order chi connectivity index (χ0) is 15.1. The van der Waals surface area contributed by atoms with Crippen LogP contribution in [0, 0.1) is 6.92 Å². The number of rotatable bonds is 3. The summed E-state index contributed by atoms with van der Waals surface area (Å²) < 4.78 is 28.6. The van der Waals surface area contributed by atoms with Gasteiger partial charge in [-0.2, -0.15) is 0 Å². The van der Waals surface area contributed by atoms with Crippen molar-refractivity contribution in [3.05, 3.63) is 41.4 Å². The molecule has 0 aliphatic heterocycles. The first-order valence-corrected chi connectivity index (χ1v) is 9.78. The minimum absolute atomic E-state index is 0.165. The second kappa shape index (κ2) is 6.14. The number of aryl methyl sites for hydroxylation is 1. The Hall–Kier alpha value is 0.210. The van der Waals surface area contributed by atoms with Gasteiger partial charge in [0.15, 0.2) is 0 Å². The molecule has 0 amide bonds. The van der Waals surface area contributed by atoms with Crippen LogP contribution >= 0.6 is 66.4 Å². The van der Waals surface area contributed by atoms with Crippen LogP contribution in [0.25, 0.3) is 0 Å². The SMILES string of the molecule is Cc1sc(Br)cc1S(=O)(=O)Nc1c(Cl)cc(Br)cc1Cl. The topological polar surface area (TPSA) is 46.2 Å². The summed E-state index contributed by atoms with van der Waals surface area (Å²) in [6.45, 7) is 1.73. The normalized spacial score (nSPS) is 11.7. The van der Waals surface area contributed by atoms with E-state index in [0.717, 1.165) is 3.79 Å². The molecule has 2 rings (SSSR count). The molecule has 20 heavy (non-hydrogen) atoms. The molecule has 3 nitrogen and oxygen atoms in total. The number of hydrogen-bond acceptors (Lipinski definition) is 3. The molecule has 0 spiro atoms. The van der Waals surface area contributed by atoms with E-state index < -0.39 is 10.0 Å². The summed E-state index contributed by atoms with van der Waals surface area (Å²) in [6, 6.07) is 4.69. The van der Waals surface area contributed by atoms with Crippen LogP contribution in [0.15, 0.2) is 31.4 Å². The zero-order valence-corrected chi connectivity index (χ0v) is 16.2. The highest BCUT2D eigenvalue weighted by Crippen LogP contribution is 2.37. The standard InChI is InChI=1S/C11H7Br2Cl2NO2S2/c1-5-9(4-10(13)19-5)20(17,18)16-11-7(14)2-6(12)3-8(11)15/h2-4,16H,1H3. The smallest absolute Gasteiger partial charge is 0.263 e. The highest BCUT2D eigenvalue weighted by molar-refractivity contribution is 9.11.